The first-order chi connectivity index (χ1) is 13.2. The van der Waals surface area contributed by atoms with Gasteiger partial charge in [0.05, 0.1) is 40.7 Å². The Labute approximate surface area is 173 Å². The average Bonchev–Trinajstić information content (AvgIpc) is 3.02. The molecule has 28 heavy (non-hydrogen) atoms. The predicted molar refractivity (Wildman–Crippen MR) is 115 cm³/mol. The van der Waals surface area contributed by atoms with Gasteiger partial charge in [-0.2, -0.15) is 10.2 Å². The zero-order valence-corrected chi connectivity index (χ0v) is 18.0. The highest BCUT2D eigenvalue weighted by atomic mass is 35.5. The molecule has 2 N–H and O–H groups in total. The van der Waals surface area contributed by atoms with Crippen LogP contribution in [0.15, 0.2) is 18.2 Å². The van der Waals surface area contributed by atoms with Crippen LogP contribution < -0.4 is 10.6 Å². The lowest BCUT2D eigenvalue weighted by Crippen LogP contribution is -2.20. The fourth-order valence-electron chi connectivity index (χ4n) is 3.08. The molecule has 2 aromatic heterocycles. The lowest BCUT2D eigenvalue weighted by atomic mass is 10.2. The Hall–Kier alpha value is -2.45. The number of halogens is 2. The van der Waals surface area contributed by atoms with E-state index in [1.54, 1.807) is 21.5 Å². The molecule has 0 saturated carbocycles. The lowest BCUT2D eigenvalue weighted by Gasteiger charge is -2.12. The molecule has 3 aromatic rings. The van der Waals surface area contributed by atoms with Crippen molar-refractivity contribution in [1.29, 1.82) is 0 Å². The summed E-state index contributed by atoms with van der Waals surface area (Å²) in [7, 11) is 1.89. The Morgan fingerprint density at radius 2 is 1.68 bits per heavy atom. The maximum absolute atomic E-state index is 14.1. The van der Waals surface area contributed by atoms with Crippen LogP contribution in [0, 0.1) is 33.5 Å². The molecule has 0 aliphatic carbocycles. The minimum Gasteiger partial charge on any atom is -0.329 e. The molecular formula is C19H22ClFN6S. The molecule has 0 fully saturated rings. The number of hydrogen-bond donors (Lipinski definition) is 2. The highest BCUT2D eigenvalue weighted by molar-refractivity contribution is 7.80. The van der Waals surface area contributed by atoms with Gasteiger partial charge in [0.25, 0.3) is 0 Å². The minimum absolute atomic E-state index is 0.237. The van der Waals surface area contributed by atoms with Crippen LogP contribution in [-0.2, 0) is 13.6 Å². The molecule has 148 valence electrons. The second kappa shape index (κ2) is 7.89. The van der Waals surface area contributed by atoms with E-state index in [9.17, 15) is 4.39 Å². The van der Waals surface area contributed by atoms with Gasteiger partial charge in [-0.05, 0) is 52.0 Å². The first-order valence-corrected chi connectivity index (χ1v) is 9.52. The van der Waals surface area contributed by atoms with Crippen LogP contribution in [0.1, 0.15) is 28.3 Å². The first kappa shape index (κ1) is 20.3. The molecule has 0 unspecified atom stereocenters. The van der Waals surface area contributed by atoms with E-state index in [1.165, 1.54) is 6.07 Å². The number of anilines is 2. The molecule has 0 atom stereocenters. The van der Waals surface area contributed by atoms with Crippen molar-refractivity contribution in [3.63, 3.8) is 0 Å². The summed E-state index contributed by atoms with van der Waals surface area (Å²) in [6.45, 7) is 7.90. The number of nitrogens with one attached hydrogen (secondary N) is 2. The zero-order chi connectivity index (χ0) is 20.6. The number of aryl methyl sites for hydroxylation is 3. The maximum Gasteiger partial charge on any atom is 0.175 e. The van der Waals surface area contributed by atoms with Crippen molar-refractivity contribution >= 4 is 40.3 Å². The van der Waals surface area contributed by atoms with Crippen molar-refractivity contribution < 1.29 is 4.39 Å². The molecule has 1 aromatic carbocycles. The van der Waals surface area contributed by atoms with Gasteiger partial charge >= 0.3 is 0 Å². The van der Waals surface area contributed by atoms with Crippen molar-refractivity contribution in [3.8, 4) is 0 Å². The van der Waals surface area contributed by atoms with E-state index in [1.807, 2.05) is 34.7 Å². The van der Waals surface area contributed by atoms with Gasteiger partial charge in [-0.1, -0.05) is 17.7 Å². The van der Waals surface area contributed by atoms with Crippen molar-refractivity contribution in [3.05, 3.63) is 57.4 Å². The highest BCUT2D eigenvalue weighted by Gasteiger charge is 2.17. The van der Waals surface area contributed by atoms with E-state index < -0.39 is 0 Å². The van der Waals surface area contributed by atoms with E-state index in [-0.39, 0.29) is 12.4 Å². The van der Waals surface area contributed by atoms with Crippen molar-refractivity contribution in [2.24, 2.45) is 7.05 Å². The molecule has 0 radical (unpaired) electrons. The van der Waals surface area contributed by atoms with Crippen molar-refractivity contribution in [2.75, 3.05) is 10.6 Å². The summed E-state index contributed by atoms with van der Waals surface area (Å²) in [5.41, 5.74) is 5.51. The fraction of sp³-hybridized carbons (Fsp3) is 0.316. The van der Waals surface area contributed by atoms with Crippen molar-refractivity contribution in [1.82, 2.24) is 19.6 Å². The summed E-state index contributed by atoms with van der Waals surface area (Å²) in [4.78, 5) is 0. The van der Waals surface area contributed by atoms with Crippen LogP contribution in [0.4, 0.5) is 15.8 Å². The predicted octanol–water partition coefficient (Wildman–Crippen LogP) is 4.50. The monoisotopic (exact) mass is 420 g/mol. The minimum atomic E-state index is -0.353. The van der Waals surface area contributed by atoms with E-state index in [4.69, 9.17) is 23.8 Å². The summed E-state index contributed by atoms with van der Waals surface area (Å²) < 4.78 is 17.6. The van der Waals surface area contributed by atoms with Crippen LogP contribution in [0.3, 0.4) is 0 Å². The van der Waals surface area contributed by atoms with Gasteiger partial charge in [-0.15, -0.1) is 0 Å². The van der Waals surface area contributed by atoms with Crippen LogP contribution in [-0.4, -0.2) is 24.7 Å². The van der Waals surface area contributed by atoms with Gasteiger partial charge in [0.1, 0.15) is 5.82 Å². The SMILES string of the molecule is Cc1nn(C)c(C)c1NC(=S)Nc1c(C)nn(Cc2c(F)cccc2Cl)c1C. The summed E-state index contributed by atoms with van der Waals surface area (Å²) in [6.07, 6.45) is 0. The summed E-state index contributed by atoms with van der Waals surface area (Å²) in [5.74, 6) is -0.353. The third kappa shape index (κ3) is 3.88. The molecule has 6 nitrogen and oxygen atoms in total. The third-order valence-corrected chi connectivity index (χ3v) is 5.30. The highest BCUT2D eigenvalue weighted by Crippen LogP contribution is 2.25. The molecule has 0 aliphatic rings. The average molecular weight is 421 g/mol. The van der Waals surface area contributed by atoms with E-state index >= 15 is 0 Å². The summed E-state index contributed by atoms with van der Waals surface area (Å²) in [5, 5.41) is 16.1. The molecule has 2 heterocycles. The molecule has 0 aliphatic heterocycles. The van der Waals surface area contributed by atoms with Crippen LogP contribution >= 0.6 is 23.8 Å². The second-order valence-electron chi connectivity index (χ2n) is 6.65. The zero-order valence-electron chi connectivity index (χ0n) is 16.4. The largest absolute Gasteiger partial charge is 0.329 e. The Morgan fingerprint density at radius 3 is 2.25 bits per heavy atom. The maximum atomic E-state index is 14.1. The van der Waals surface area contributed by atoms with Crippen molar-refractivity contribution in [2.45, 2.75) is 34.2 Å². The normalized spacial score (nSPS) is 11.0. The van der Waals surface area contributed by atoms with E-state index in [0.29, 0.717) is 15.7 Å². The van der Waals surface area contributed by atoms with Gasteiger partial charge in [0.15, 0.2) is 5.11 Å². The molecule has 0 saturated heterocycles. The van der Waals surface area contributed by atoms with E-state index in [0.717, 1.165) is 34.2 Å². The number of benzene rings is 1. The van der Waals surface area contributed by atoms with E-state index in [2.05, 4.69) is 20.8 Å². The molecule has 0 spiro atoms. The summed E-state index contributed by atoms with van der Waals surface area (Å²) in [6, 6.07) is 4.65. The third-order valence-electron chi connectivity index (χ3n) is 4.74. The van der Waals surface area contributed by atoms with Gasteiger partial charge in [-0.25, -0.2) is 4.39 Å². The Bertz CT molecular complexity index is 1040. The van der Waals surface area contributed by atoms with Crippen LogP contribution in [0.25, 0.3) is 0 Å². The first-order valence-electron chi connectivity index (χ1n) is 8.74. The van der Waals surface area contributed by atoms with Crippen LogP contribution in [0.5, 0.6) is 0 Å². The van der Waals surface area contributed by atoms with Gasteiger partial charge < -0.3 is 10.6 Å². The topological polar surface area (TPSA) is 59.7 Å². The number of aromatic nitrogens is 4. The summed E-state index contributed by atoms with van der Waals surface area (Å²) >= 11 is 11.6. The second-order valence-corrected chi connectivity index (χ2v) is 7.47. The number of rotatable bonds is 4. The number of hydrogen-bond acceptors (Lipinski definition) is 3. The van der Waals surface area contributed by atoms with Gasteiger partial charge in [0, 0.05) is 17.6 Å². The lowest BCUT2D eigenvalue weighted by molar-refractivity contribution is 0.579. The van der Waals surface area contributed by atoms with Gasteiger partial charge in [0.2, 0.25) is 0 Å². The Kier molecular flexibility index (Phi) is 5.71. The Balaban J connectivity index is 1.81. The molecule has 0 bridgehead atoms. The standard InChI is InChI=1S/C19H22ClFN6S/c1-10-17(12(3)26(5)24-10)22-19(28)23-18-11(2)25-27(13(18)4)9-14-15(20)7-6-8-16(14)21/h6-8H,9H2,1-5H3,(H2,22,23,28). The Morgan fingerprint density at radius 1 is 1.07 bits per heavy atom. The smallest absolute Gasteiger partial charge is 0.175 e. The molecule has 0 amide bonds. The van der Waals surface area contributed by atoms with Crippen LogP contribution in [0.2, 0.25) is 5.02 Å². The number of nitrogens with zero attached hydrogens (tertiary/aromatic N) is 4. The number of thiocarbonyl (C=S) groups is 1. The van der Waals surface area contributed by atoms with Gasteiger partial charge in [-0.3, -0.25) is 9.36 Å². The molecule has 3 rings (SSSR count). The molecule has 9 heteroatoms. The fourth-order valence-corrected chi connectivity index (χ4v) is 3.50. The quantitative estimate of drug-likeness (QED) is 0.608. The molecular weight excluding hydrogens is 399 g/mol.